The Morgan fingerprint density at radius 2 is 1.52 bits per heavy atom. The first-order valence-electron chi connectivity index (χ1n) is 7.19. The van der Waals surface area contributed by atoms with Gasteiger partial charge in [-0.2, -0.15) is 0 Å². The van der Waals surface area contributed by atoms with Crippen LogP contribution in [0.3, 0.4) is 0 Å². The molecule has 5 N–H and O–H groups in total. The third kappa shape index (κ3) is 6.43. The lowest BCUT2D eigenvalue weighted by molar-refractivity contribution is -0.385. The maximum Gasteiger partial charge on any atom is 0.271 e. The lowest BCUT2D eigenvalue weighted by Gasteiger charge is -2.14. The number of carbonyl (C=O) groups excluding carboxylic acids is 2. The summed E-state index contributed by atoms with van der Waals surface area (Å²) >= 11 is 0. The minimum absolute atomic E-state index is 0.200. The zero-order chi connectivity index (χ0) is 19.0. The molecule has 0 aliphatic carbocycles. The van der Waals surface area contributed by atoms with Crippen molar-refractivity contribution in [2.45, 2.75) is 12.2 Å². The van der Waals surface area contributed by atoms with Crippen LogP contribution in [0.15, 0.2) is 18.2 Å². The molecule has 0 radical (unpaired) electrons. The summed E-state index contributed by atoms with van der Waals surface area (Å²) in [5.41, 5.74) is -0.918. The van der Waals surface area contributed by atoms with Gasteiger partial charge in [-0.05, 0) is 6.07 Å². The van der Waals surface area contributed by atoms with Crippen LogP contribution in [0.5, 0.6) is 0 Å². The molecule has 0 aliphatic heterocycles. The maximum atomic E-state index is 12.0. The predicted octanol–water partition coefficient (Wildman–Crippen LogP) is -2.87. The Morgan fingerprint density at radius 3 is 1.92 bits per heavy atom. The summed E-state index contributed by atoms with van der Waals surface area (Å²) in [4.78, 5) is 34.1. The number of nitrogens with zero attached hydrogens (tertiary/aromatic N) is 1. The lowest BCUT2D eigenvalue weighted by atomic mass is 10.1. The molecule has 0 saturated heterocycles. The number of amides is 2. The zero-order valence-corrected chi connectivity index (χ0v) is 13.0. The van der Waals surface area contributed by atoms with E-state index in [1.54, 1.807) is 0 Å². The van der Waals surface area contributed by atoms with Crippen molar-refractivity contribution >= 4 is 17.5 Å². The number of nitro benzene ring substituents is 1. The second kappa shape index (κ2) is 9.64. The number of hydrogen-bond donors (Lipinski definition) is 5. The average Bonchev–Trinajstić information content (AvgIpc) is 2.62. The van der Waals surface area contributed by atoms with Crippen molar-refractivity contribution in [3.63, 3.8) is 0 Å². The highest BCUT2D eigenvalue weighted by Gasteiger charge is 2.18. The van der Waals surface area contributed by atoms with Crippen molar-refractivity contribution in [2.24, 2.45) is 0 Å². The van der Waals surface area contributed by atoms with Crippen molar-refractivity contribution in [3.05, 3.63) is 39.4 Å². The molecule has 11 heteroatoms. The summed E-state index contributed by atoms with van der Waals surface area (Å²) in [7, 11) is 0. The standard InChI is InChI=1S/C14H18N3O8/c18-6-11(20)4-15-13(22)8-1-9(3-10(2-8)17(24)25)14(23)16-5-12(21)7-19/h1-3,11-12,18,20-21H,4-7H2,(H,15,22)(H,16,23)/q-1. The van der Waals surface area contributed by atoms with E-state index in [0.29, 0.717) is 0 Å². The van der Waals surface area contributed by atoms with Gasteiger partial charge in [-0.25, -0.2) is 0 Å². The van der Waals surface area contributed by atoms with Gasteiger partial charge in [0.25, 0.3) is 17.5 Å². The molecule has 1 rings (SSSR count). The van der Waals surface area contributed by atoms with E-state index in [-0.39, 0.29) is 24.2 Å². The molecule has 25 heavy (non-hydrogen) atoms. The van der Waals surface area contributed by atoms with Gasteiger partial charge in [0.15, 0.2) is 0 Å². The van der Waals surface area contributed by atoms with E-state index in [1.807, 2.05) is 0 Å². The monoisotopic (exact) mass is 356 g/mol. The molecule has 1 aromatic rings. The zero-order valence-electron chi connectivity index (χ0n) is 13.0. The first-order chi connectivity index (χ1) is 11.8. The van der Waals surface area contributed by atoms with Crippen molar-refractivity contribution < 1.29 is 34.9 Å². The van der Waals surface area contributed by atoms with Crippen LogP contribution < -0.4 is 15.7 Å². The summed E-state index contributed by atoms with van der Waals surface area (Å²) in [6.07, 6.45) is -2.50. The smallest absolute Gasteiger partial charge is 0.271 e. The molecule has 11 nitrogen and oxygen atoms in total. The lowest BCUT2D eigenvalue weighted by Crippen LogP contribution is -2.37. The summed E-state index contributed by atoms with van der Waals surface area (Å²) in [5.74, 6) is -1.59. The number of benzene rings is 1. The van der Waals surface area contributed by atoms with Crippen molar-refractivity contribution in [1.29, 1.82) is 0 Å². The van der Waals surface area contributed by atoms with Crippen LogP contribution in [0.4, 0.5) is 5.69 Å². The summed E-state index contributed by atoms with van der Waals surface area (Å²) in [6, 6.07) is 2.98. The van der Waals surface area contributed by atoms with Gasteiger partial charge in [-0.15, -0.1) is 6.61 Å². The number of nitrogens with one attached hydrogen (secondary N) is 2. The number of carbonyl (C=O) groups is 2. The van der Waals surface area contributed by atoms with Crippen LogP contribution in [-0.2, 0) is 0 Å². The van der Waals surface area contributed by atoms with Crippen molar-refractivity contribution in [3.8, 4) is 0 Å². The average molecular weight is 356 g/mol. The first kappa shape index (κ1) is 20.4. The van der Waals surface area contributed by atoms with Gasteiger partial charge in [0, 0.05) is 36.3 Å². The molecule has 2 amide bonds. The Hall–Kier alpha value is -2.60. The van der Waals surface area contributed by atoms with Crippen LogP contribution in [0.1, 0.15) is 20.7 Å². The van der Waals surface area contributed by atoms with Crippen LogP contribution in [-0.4, -0.2) is 70.6 Å². The molecule has 0 fully saturated rings. The number of aliphatic hydroxyl groups is 3. The number of non-ortho nitro benzene ring substituents is 1. The summed E-state index contributed by atoms with van der Waals surface area (Å²) in [5, 5.41) is 52.9. The Labute approximate surface area is 142 Å². The maximum absolute atomic E-state index is 12.0. The van der Waals surface area contributed by atoms with Gasteiger partial charge in [0.05, 0.1) is 23.7 Å². The second-order valence-corrected chi connectivity index (χ2v) is 5.10. The highest BCUT2D eigenvalue weighted by Crippen LogP contribution is 2.17. The van der Waals surface area contributed by atoms with Crippen LogP contribution in [0, 0.1) is 10.1 Å². The third-order valence-corrected chi connectivity index (χ3v) is 3.05. The first-order valence-corrected chi connectivity index (χ1v) is 7.19. The molecule has 2 unspecified atom stereocenters. The highest BCUT2D eigenvalue weighted by atomic mass is 16.6. The highest BCUT2D eigenvalue weighted by molar-refractivity contribution is 6.00. The normalized spacial score (nSPS) is 13.0. The minimum atomic E-state index is -1.30. The van der Waals surface area contributed by atoms with Crippen LogP contribution in [0.2, 0.25) is 0 Å². The summed E-state index contributed by atoms with van der Waals surface area (Å²) in [6.45, 7) is -2.02. The van der Waals surface area contributed by atoms with Gasteiger partial charge in [-0.3, -0.25) is 19.7 Å². The number of nitro groups is 1. The topological polar surface area (TPSA) is 185 Å². The largest absolute Gasteiger partial charge is 0.853 e. The molecule has 0 spiro atoms. The molecule has 2 atom stereocenters. The van der Waals surface area contributed by atoms with E-state index in [9.17, 15) is 29.9 Å². The van der Waals surface area contributed by atoms with Crippen molar-refractivity contribution in [2.75, 3.05) is 26.3 Å². The van der Waals surface area contributed by atoms with E-state index >= 15 is 0 Å². The Balaban J connectivity index is 2.98. The molecular weight excluding hydrogens is 338 g/mol. The van der Waals surface area contributed by atoms with E-state index in [4.69, 9.17) is 10.2 Å². The van der Waals surface area contributed by atoms with E-state index < -0.39 is 47.8 Å². The van der Waals surface area contributed by atoms with Crippen LogP contribution >= 0.6 is 0 Å². The fourth-order valence-electron chi connectivity index (χ4n) is 1.73. The molecule has 0 aromatic heterocycles. The van der Waals surface area contributed by atoms with Crippen molar-refractivity contribution in [1.82, 2.24) is 10.6 Å². The molecule has 0 heterocycles. The van der Waals surface area contributed by atoms with E-state index in [1.165, 1.54) is 0 Å². The van der Waals surface area contributed by atoms with Crippen LogP contribution in [0.25, 0.3) is 0 Å². The third-order valence-electron chi connectivity index (χ3n) is 3.05. The SMILES string of the molecule is O=C(NCC(O)C[O-])c1cc(C(=O)NCC(O)CO)cc([N+](=O)[O-])c1. The Morgan fingerprint density at radius 1 is 1.04 bits per heavy atom. The van der Waals surface area contributed by atoms with Gasteiger partial charge < -0.3 is 31.1 Å². The molecule has 0 saturated carbocycles. The minimum Gasteiger partial charge on any atom is -0.853 e. The fourth-order valence-corrected chi connectivity index (χ4v) is 1.73. The summed E-state index contributed by atoms with van der Waals surface area (Å²) < 4.78 is 0. The molecule has 138 valence electrons. The van der Waals surface area contributed by atoms with E-state index in [2.05, 4.69) is 10.6 Å². The molecule has 1 aromatic carbocycles. The molecule has 0 bridgehead atoms. The van der Waals surface area contributed by atoms with Gasteiger partial charge in [0.2, 0.25) is 0 Å². The van der Waals surface area contributed by atoms with Gasteiger partial charge in [0.1, 0.15) is 0 Å². The predicted molar refractivity (Wildman–Crippen MR) is 81.7 cm³/mol. The second-order valence-electron chi connectivity index (χ2n) is 5.10. The van der Waals surface area contributed by atoms with E-state index in [0.717, 1.165) is 18.2 Å². The Kier molecular flexibility index (Phi) is 7.88. The molecular formula is C14H18N3O8-. The van der Waals surface area contributed by atoms with Gasteiger partial charge in [-0.1, -0.05) is 0 Å². The fraction of sp³-hybridized carbons (Fsp3) is 0.429. The Bertz CT molecular complexity index is 592. The number of hydrogen-bond acceptors (Lipinski definition) is 8. The number of aliphatic hydroxyl groups excluding tert-OH is 3. The number of rotatable bonds is 9. The molecule has 0 aliphatic rings. The van der Waals surface area contributed by atoms with Gasteiger partial charge >= 0.3 is 0 Å². The quantitative estimate of drug-likeness (QED) is 0.231.